The minimum atomic E-state index is -0.747. The standard InChI is InChI=1S/C17H16N2O2/c20-16(17-18-10-11-19-17)14-6-8-15(9-7-14)21-12-13-4-2-1-3-5-13/h1-11,16,20H,12H2,(H,18,19). The minimum Gasteiger partial charge on any atom is -0.489 e. The van der Waals surface area contributed by atoms with Crippen molar-refractivity contribution in [2.45, 2.75) is 12.7 Å². The number of aliphatic hydroxyl groups is 1. The van der Waals surface area contributed by atoms with E-state index < -0.39 is 6.10 Å². The second-order valence-electron chi connectivity index (χ2n) is 4.72. The molecule has 4 heteroatoms. The molecule has 21 heavy (non-hydrogen) atoms. The van der Waals surface area contributed by atoms with E-state index in [0.29, 0.717) is 12.4 Å². The van der Waals surface area contributed by atoms with Crippen molar-refractivity contribution in [1.29, 1.82) is 0 Å². The van der Waals surface area contributed by atoms with Gasteiger partial charge in [-0.05, 0) is 23.3 Å². The van der Waals surface area contributed by atoms with Gasteiger partial charge in [-0.3, -0.25) is 0 Å². The van der Waals surface area contributed by atoms with Crippen molar-refractivity contribution in [2.24, 2.45) is 0 Å². The third-order valence-corrected chi connectivity index (χ3v) is 3.22. The molecular weight excluding hydrogens is 264 g/mol. The van der Waals surface area contributed by atoms with Gasteiger partial charge in [0.25, 0.3) is 0 Å². The molecular formula is C17H16N2O2. The number of hydrogen-bond donors (Lipinski definition) is 2. The Hall–Kier alpha value is -2.59. The molecule has 106 valence electrons. The number of aromatic nitrogens is 2. The Labute approximate surface area is 123 Å². The van der Waals surface area contributed by atoms with Gasteiger partial charge in [0.2, 0.25) is 0 Å². The SMILES string of the molecule is OC(c1ccc(OCc2ccccc2)cc1)c1ncc[nH]1. The van der Waals surface area contributed by atoms with Gasteiger partial charge in [0.1, 0.15) is 24.3 Å². The van der Waals surface area contributed by atoms with Gasteiger partial charge < -0.3 is 14.8 Å². The van der Waals surface area contributed by atoms with Crippen LogP contribution in [0.3, 0.4) is 0 Å². The van der Waals surface area contributed by atoms with Crippen LogP contribution in [-0.4, -0.2) is 15.1 Å². The highest BCUT2D eigenvalue weighted by Gasteiger charge is 2.12. The fourth-order valence-electron chi connectivity index (χ4n) is 2.07. The third-order valence-electron chi connectivity index (χ3n) is 3.22. The third kappa shape index (κ3) is 3.30. The molecule has 0 saturated heterocycles. The van der Waals surface area contributed by atoms with Gasteiger partial charge >= 0.3 is 0 Å². The Balaban J connectivity index is 1.64. The van der Waals surface area contributed by atoms with Crippen LogP contribution in [0.4, 0.5) is 0 Å². The number of imidazole rings is 1. The molecule has 0 aliphatic rings. The summed E-state index contributed by atoms with van der Waals surface area (Å²) in [5.74, 6) is 1.31. The Morgan fingerprint density at radius 1 is 1.05 bits per heavy atom. The van der Waals surface area contributed by atoms with Gasteiger partial charge in [0, 0.05) is 12.4 Å². The summed E-state index contributed by atoms with van der Waals surface area (Å²) in [6.45, 7) is 0.529. The molecule has 0 saturated carbocycles. The van der Waals surface area contributed by atoms with Crippen LogP contribution in [0.5, 0.6) is 5.75 Å². The molecule has 0 amide bonds. The quantitative estimate of drug-likeness (QED) is 0.755. The van der Waals surface area contributed by atoms with Crippen molar-refractivity contribution in [2.75, 3.05) is 0 Å². The summed E-state index contributed by atoms with van der Waals surface area (Å²) >= 11 is 0. The highest BCUT2D eigenvalue weighted by atomic mass is 16.5. The average molecular weight is 280 g/mol. The fraction of sp³-hybridized carbons (Fsp3) is 0.118. The number of H-pyrrole nitrogens is 1. The van der Waals surface area contributed by atoms with E-state index in [2.05, 4.69) is 9.97 Å². The highest BCUT2D eigenvalue weighted by Crippen LogP contribution is 2.22. The Bertz CT molecular complexity index is 664. The van der Waals surface area contributed by atoms with E-state index in [9.17, 15) is 5.11 Å². The van der Waals surface area contributed by atoms with Gasteiger partial charge in [0.15, 0.2) is 0 Å². The first-order valence-corrected chi connectivity index (χ1v) is 6.77. The molecule has 0 spiro atoms. The minimum absolute atomic E-state index is 0.529. The van der Waals surface area contributed by atoms with Gasteiger partial charge in [-0.25, -0.2) is 4.98 Å². The number of benzene rings is 2. The molecule has 2 N–H and O–H groups in total. The van der Waals surface area contributed by atoms with Crippen molar-refractivity contribution in [3.8, 4) is 5.75 Å². The van der Waals surface area contributed by atoms with Crippen LogP contribution in [0.25, 0.3) is 0 Å². The number of nitrogens with one attached hydrogen (secondary N) is 1. The second-order valence-corrected chi connectivity index (χ2v) is 4.72. The van der Waals surface area contributed by atoms with Gasteiger partial charge in [-0.15, -0.1) is 0 Å². The summed E-state index contributed by atoms with van der Waals surface area (Å²) in [6, 6.07) is 17.4. The van der Waals surface area contributed by atoms with E-state index in [4.69, 9.17) is 4.74 Å². The van der Waals surface area contributed by atoms with Crippen molar-refractivity contribution in [3.05, 3.63) is 83.9 Å². The van der Waals surface area contributed by atoms with Crippen molar-refractivity contribution in [1.82, 2.24) is 9.97 Å². The predicted molar refractivity (Wildman–Crippen MR) is 79.9 cm³/mol. The van der Waals surface area contributed by atoms with E-state index in [1.807, 2.05) is 54.6 Å². The molecule has 1 atom stereocenters. The van der Waals surface area contributed by atoms with Crippen molar-refractivity contribution >= 4 is 0 Å². The normalized spacial score (nSPS) is 12.0. The van der Waals surface area contributed by atoms with E-state index in [1.54, 1.807) is 12.4 Å². The van der Waals surface area contributed by atoms with Gasteiger partial charge in [-0.2, -0.15) is 0 Å². The molecule has 0 radical (unpaired) electrons. The van der Waals surface area contributed by atoms with E-state index in [0.717, 1.165) is 16.9 Å². The predicted octanol–water partition coefficient (Wildman–Crippen LogP) is 3.07. The first-order chi connectivity index (χ1) is 10.3. The first-order valence-electron chi connectivity index (χ1n) is 6.77. The maximum Gasteiger partial charge on any atom is 0.139 e. The number of aromatic amines is 1. The number of ether oxygens (including phenoxy) is 1. The molecule has 0 aliphatic heterocycles. The molecule has 3 rings (SSSR count). The zero-order valence-corrected chi connectivity index (χ0v) is 11.4. The van der Waals surface area contributed by atoms with E-state index >= 15 is 0 Å². The summed E-state index contributed by atoms with van der Waals surface area (Å²) in [5, 5.41) is 10.1. The lowest BCUT2D eigenvalue weighted by molar-refractivity contribution is 0.211. The lowest BCUT2D eigenvalue weighted by atomic mass is 10.1. The van der Waals surface area contributed by atoms with Crippen molar-refractivity contribution in [3.63, 3.8) is 0 Å². The van der Waals surface area contributed by atoms with Crippen LogP contribution >= 0.6 is 0 Å². The summed E-state index contributed by atoms with van der Waals surface area (Å²) in [6.07, 6.45) is 2.56. The van der Waals surface area contributed by atoms with E-state index in [1.165, 1.54) is 0 Å². The molecule has 0 fully saturated rings. The second kappa shape index (κ2) is 6.24. The topological polar surface area (TPSA) is 58.1 Å². The zero-order valence-electron chi connectivity index (χ0n) is 11.4. The first kappa shape index (κ1) is 13.4. The zero-order chi connectivity index (χ0) is 14.5. The fourth-order valence-corrected chi connectivity index (χ4v) is 2.07. The van der Waals surface area contributed by atoms with Gasteiger partial charge in [0.05, 0.1) is 0 Å². The molecule has 4 nitrogen and oxygen atoms in total. The Kier molecular flexibility index (Phi) is 3.98. The Morgan fingerprint density at radius 2 is 1.81 bits per heavy atom. The van der Waals surface area contributed by atoms with Crippen LogP contribution in [0.15, 0.2) is 67.0 Å². The van der Waals surface area contributed by atoms with Crippen LogP contribution in [-0.2, 0) is 6.61 Å². The summed E-state index contributed by atoms with van der Waals surface area (Å²) < 4.78 is 5.71. The molecule has 0 aliphatic carbocycles. The monoisotopic (exact) mass is 280 g/mol. The maximum atomic E-state index is 10.1. The lowest BCUT2D eigenvalue weighted by Crippen LogP contribution is -2.02. The van der Waals surface area contributed by atoms with Crippen LogP contribution in [0.1, 0.15) is 23.1 Å². The average Bonchev–Trinajstić information content (AvgIpc) is 3.08. The summed E-state index contributed by atoms with van der Waals surface area (Å²) in [7, 11) is 0. The van der Waals surface area contributed by atoms with Gasteiger partial charge in [-0.1, -0.05) is 42.5 Å². The number of aliphatic hydroxyl groups excluding tert-OH is 1. The number of hydrogen-bond acceptors (Lipinski definition) is 3. The van der Waals surface area contributed by atoms with Crippen molar-refractivity contribution < 1.29 is 9.84 Å². The van der Waals surface area contributed by atoms with Crippen LogP contribution in [0.2, 0.25) is 0 Å². The largest absolute Gasteiger partial charge is 0.489 e. The Morgan fingerprint density at radius 3 is 2.48 bits per heavy atom. The molecule has 1 unspecified atom stereocenters. The lowest BCUT2D eigenvalue weighted by Gasteiger charge is -2.10. The number of rotatable bonds is 5. The smallest absolute Gasteiger partial charge is 0.139 e. The molecule has 1 heterocycles. The van der Waals surface area contributed by atoms with Crippen LogP contribution < -0.4 is 4.74 Å². The molecule has 2 aromatic carbocycles. The number of nitrogens with zero attached hydrogens (tertiary/aromatic N) is 1. The van der Waals surface area contributed by atoms with E-state index in [-0.39, 0.29) is 0 Å². The van der Waals surface area contributed by atoms with Crippen LogP contribution in [0, 0.1) is 0 Å². The molecule has 3 aromatic rings. The summed E-state index contributed by atoms with van der Waals surface area (Å²) in [4.78, 5) is 6.96. The molecule has 1 aromatic heterocycles. The maximum absolute atomic E-state index is 10.1. The highest BCUT2D eigenvalue weighted by molar-refractivity contribution is 5.31. The molecule has 0 bridgehead atoms. The summed E-state index contributed by atoms with van der Waals surface area (Å²) in [5.41, 5.74) is 1.90.